The Balaban J connectivity index is 2.18. The molecule has 5 nitrogen and oxygen atoms in total. The SMILES string of the molecule is CC(C)(C)OC(=O)N(c1cccnc1)C1CNC1. The largest absolute Gasteiger partial charge is 0.443 e. The highest BCUT2D eigenvalue weighted by molar-refractivity contribution is 5.88. The van der Waals surface area contributed by atoms with Crippen LogP contribution in [0.2, 0.25) is 0 Å². The van der Waals surface area contributed by atoms with Gasteiger partial charge < -0.3 is 10.1 Å². The minimum atomic E-state index is -0.491. The second-order valence-electron chi connectivity index (χ2n) is 5.37. The molecule has 0 bridgehead atoms. The van der Waals surface area contributed by atoms with Crippen LogP contribution in [-0.2, 0) is 4.74 Å². The number of pyridine rings is 1. The molecule has 1 fully saturated rings. The monoisotopic (exact) mass is 249 g/mol. The van der Waals surface area contributed by atoms with Crippen molar-refractivity contribution in [1.29, 1.82) is 0 Å². The minimum Gasteiger partial charge on any atom is -0.443 e. The molecule has 1 N–H and O–H groups in total. The second kappa shape index (κ2) is 4.94. The van der Waals surface area contributed by atoms with Gasteiger partial charge in [0, 0.05) is 19.3 Å². The van der Waals surface area contributed by atoms with E-state index in [0.29, 0.717) is 0 Å². The molecule has 98 valence electrons. The zero-order valence-corrected chi connectivity index (χ0v) is 11.0. The molecule has 1 amide bonds. The molecule has 1 aliphatic rings. The van der Waals surface area contributed by atoms with E-state index in [9.17, 15) is 4.79 Å². The Morgan fingerprint density at radius 2 is 2.22 bits per heavy atom. The maximum Gasteiger partial charge on any atom is 0.415 e. The third kappa shape index (κ3) is 2.98. The first kappa shape index (κ1) is 12.8. The summed E-state index contributed by atoms with van der Waals surface area (Å²) in [7, 11) is 0. The summed E-state index contributed by atoms with van der Waals surface area (Å²) in [6.07, 6.45) is 3.06. The summed E-state index contributed by atoms with van der Waals surface area (Å²) in [6.45, 7) is 7.17. The van der Waals surface area contributed by atoms with Crippen LogP contribution in [0.25, 0.3) is 0 Å². The van der Waals surface area contributed by atoms with Gasteiger partial charge in [-0.3, -0.25) is 9.88 Å². The number of aromatic nitrogens is 1. The average Bonchev–Trinajstić information content (AvgIpc) is 2.21. The van der Waals surface area contributed by atoms with E-state index in [2.05, 4.69) is 10.3 Å². The molecule has 2 heterocycles. The van der Waals surface area contributed by atoms with Crippen molar-refractivity contribution in [3.05, 3.63) is 24.5 Å². The number of ether oxygens (including phenoxy) is 1. The van der Waals surface area contributed by atoms with Gasteiger partial charge in [-0.2, -0.15) is 0 Å². The Kier molecular flexibility index (Phi) is 3.52. The van der Waals surface area contributed by atoms with Crippen molar-refractivity contribution in [2.75, 3.05) is 18.0 Å². The van der Waals surface area contributed by atoms with Crippen molar-refractivity contribution in [3.63, 3.8) is 0 Å². The summed E-state index contributed by atoms with van der Waals surface area (Å²) in [6, 6.07) is 3.83. The summed E-state index contributed by atoms with van der Waals surface area (Å²) in [5.41, 5.74) is 0.285. The highest BCUT2D eigenvalue weighted by Gasteiger charge is 2.33. The van der Waals surface area contributed by atoms with Crippen LogP contribution in [-0.4, -0.2) is 35.8 Å². The first-order chi connectivity index (χ1) is 8.47. The Morgan fingerprint density at radius 1 is 1.50 bits per heavy atom. The van der Waals surface area contributed by atoms with E-state index in [1.165, 1.54) is 0 Å². The number of rotatable bonds is 2. The number of carbonyl (C=O) groups excluding carboxylic acids is 1. The molecular weight excluding hydrogens is 230 g/mol. The van der Waals surface area contributed by atoms with E-state index in [4.69, 9.17) is 4.74 Å². The molecular formula is C13H19N3O2. The van der Waals surface area contributed by atoms with Crippen molar-refractivity contribution in [1.82, 2.24) is 10.3 Å². The Morgan fingerprint density at radius 3 is 2.67 bits per heavy atom. The van der Waals surface area contributed by atoms with E-state index < -0.39 is 5.60 Å². The molecule has 0 atom stereocenters. The van der Waals surface area contributed by atoms with Crippen LogP contribution >= 0.6 is 0 Å². The van der Waals surface area contributed by atoms with Crippen molar-refractivity contribution in [2.24, 2.45) is 0 Å². The van der Waals surface area contributed by atoms with Crippen LogP contribution in [0, 0.1) is 0 Å². The zero-order chi connectivity index (χ0) is 13.2. The molecule has 1 aromatic heterocycles. The first-order valence-electron chi connectivity index (χ1n) is 6.10. The molecule has 5 heteroatoms. The van der Waals surface area contributed by atoms with Crippen LogP contribution in [0.15, 0.2) is 24.5 Å². The van der Waals surface area contributed by atoms with Gasteiger partial charge >= 0.3 is 6.09 Å². The topological polar surface area (TPSA) is 54.5 Å². The van der Waals surface area contributed by atoms with Gasteiger partial charge in [0.2, 0.25) is 0 Å². The van der Waals surface area contributed by atoms with E-state index in [1.54, 1.807) is 17.3 Å². The van der Waals surface area contributed by atoms with Crippen LogP contribution in [0.1, 0.15) is 20.8 Å². The van der Waals surface area contributed by atoms with Crippen LogP contribution in [0.3, 0.4) is 0 Å². The molecule has 18 heavy (non-hydrogen) atoms. The fourth-order valence-electron chi connectivity index (χ4n) is 1.73. The molecule has 1 aliphatic heterocycles. The molecule has 1 saturated heterocycles. The minimum absolute atomic E-state index is 0.143. The fraction of sp³-hybridized carbons (Fsp3) is 0.538. The summed E-state index contributed by atoms with van der Waals surface area (Å²) < 4.78 is 5.44. The molecule has 0 unspecified atom stereocenters. The average molecular weight is 249 g/mol. The molecule has 1 aromatic rings. The van der Waals surface area contributed by atoms with Crippen LogP contribution in [0.5, 0.6) is 0 Å². The Bertz CT molecular complexity index is 410. The predicted molar refractivity (Wildman–Crippen MR) is 69.6 cm³/mol. The summed E-state index contributed by atoms with van der Waals surface area (Å²) >= 11 is 0. The normalized spacial score (nSPS) is 15.9. The van der Waals surface area contributed by atoms with Crippen molar-refractivity contribution in [3.8, 4) is 0 Å². The number of anilines is 1. The standard InChI is InChI=1S/C13H19N3O2/c1-13(2,3)18-12(17)16(11-8-15-9-11)10-5-4-6-14-7-10/h4-7,11,15H,8-9H2,1-3H3. The number of hydrogen-bond donors (Lipinski definition) is 1. The van der Waals surface area contributed by atoms with Gasteiger partial charge in [-0.05, 0) is 32.9 Å². The lowest BCUT2D eigenvalue weighted by Gasteiger charge is -2.38. The van der Waals surface area contributed by atoms with Gasteiger partial charge in [-0.15, -0.1) is 0 Å². The predicted octanol–water partition coefficient (Wildman–Crippen LogP) is 1.79. The molecule has 0 radical (unpaired) electrons. The van der Waals surface area contributed by atoms with Crippen LogP contribution < -0.4 is 10.2 Å². The third-order valence-corrected chi connectivity index (χ3v) is 2.64. The maximum absolute atomic E-state index is 12.2. The van der Waals surface area contributed by atoms with E-state index in [0.717, 1.165) is 18.8 Å². The molecule has 0 aliphatic carbocycles. The van der Waals surface area contributed by atoms with Gasteiger partial charge in [-0.25, -0.2) is 4.79 Å². The van der Waals surface area contributed by atoms with Crippen molar-refractivity contribution in [2.45, 2.75) is 32.4 Å². The van der Waals surface area contributed by atoms with Crippen molar-refractivity contribution >= 4 is 11.8 Å². The number of nitrogens with zero attached hydrogens (tertiary/aromatic N) is 2. The smallest absolute Gasteiger partial charge is 0.415 e. The third-order valence-electron chi connectivity index (χ3n) is 2.64. The molecule has 2 rings (SSSR count). The highest BCUT2D eigenvalue weighted by Crippen LogP contribution is 2.21. The van der Waals surface area contributed by atoms with Crippen molar-refractivity contribution < 1.29 is 9.53 Å². The van der Waals surface area contributed by atoms with E-state index in [-0.39, 0.29) is 12.1 Å². The van der Waals surface area contributed by atoms with Gasteiger partial charge in [0.25, 0.3) is 0 Å². The number of hydrogen-bond acceptors (Lipinski definition) is 4. The van der Waals surface area contributed by atoms with E-state index in [1.807, 2.05) is 32.9 Å². The maximum atomic E-state index is 12.2. The molecule has 0 aromatic carbocycles. The first-order valence-corrected chi connectivity index (χ1v) is 6.10. The number of nitrogens with one attached hydrogen (secondary N) is 1. The summed E-state index contributed by atoms with van der Waals surface area (Å²) in [5.74, 6) is 0. The second-order valence-corrected chi connectivity index (χ2v) is 5.37. The van der Waals surface area contributed by atoms with Gasteiger partial charge in [-0.1, -0.05) is 0 Å². The quantitative estimate of drug-likeness (QED) is 0.868. The lowest BCUT2D eigenvalue weighted by Crippen LogP contribution is -2.60. The lowest BCUT2D eigenvalue weighted by atomic mass is 10.1. The zero-order valence-electron chi connectivity index (χ0n) is 11.0. The van der Waals surface area contributed by atoms with Gasteiger partial charge in [0.1, 0.15) is 5.60 Å². The summed E-state index contributed by atoms with van der Waals surface area (Å²) in [5, 5.41) is 3.16. The Hall–Kier alpha value is -1.62. The fourth-order valence-corrected chi connectivity index (χ4v) is 1.73. The van der Waals surface area contributed by atoms with Gasteiger partial charge in [0.05, 0.1) is 17.9 Å². The van der Waals surface area contributed by atoms with E-state index >= 15 is 0 Å². The lowest BCUT2D eigenvalue weighted by molar-refractivity contribution is 0.0555. The molecule has 0 saturated carbocycles. The summed E-state index contributed by atoms with van der Waals surface area (Å²) in [4.78, 5) is 18.0. The number of amides is 1. The molecule has 0 spiro atoms. The number of carbonyl (C=O) groups is 1. The van der Waals surface area contributed by atoms with Crippen LogP contribution in [0.4, 0.5) is 10.5 Å². The van der Waals surface area contributed by atoms with Gasteiger partial charge in [0.15, 0.2) is 0 Å². The Labute approximate surface area is 107 Å². The highest BCUT2D eigenvalue weighted by atomic mass is 16.6.